The van der Waals surface area contributed by atoms with Crippen molar-refractivity contribution in [1.82, 2.24) is 20.1 Å². The maximum absolute atomic E-state index is 13.1. The van der Waals surface area contributed by atoms with E-state index in [0.29, 0.717) is 42.8 Å². The molecule has 2 aliphatic rings. The number of amides is 2. The van der Waals surface area contributed by atoms with Gasteiger partial charge in [-0.2, -0.15) is 5.26 Å². The molecule has 2 aromatic carbocycles. The molecule has 2 saturated heterocycles. The number of carbonyl (C=O) groups excluding carboxylic acids is 2. The van der Waals surface area contributed by atoms with Crippen molar-refractivity contribution >= 4 is 17.5 Å². The van der Waals surface area contributed by atoms with Crippen LogP contribution in [0.15, 0.2) is 60.8 Å². The van der Waals surface area contributed by atoms with Gasteiger partial charge >= 0.3 is 0 Å². The number of ether oxygens (including phenoxy) is 2. The van der Waals surface area contributed by atoms with Crippen molar-refractivity contribution in [1.29, 1.82) is 5.26 Å². The van der Waals surface area contributed by atoms with E-state index in [4.69, 9.17) is 14.7 Å². The largest absolute Gasteiger partial charge is 0.497 e. The number of hydrogen-bond acceptors (Lipinski definition) is 8. The summed E-state index contributed by atoms with van der Waals surface area (Å²) in [4.78, 5) is 34.5. The molecule has 2 amide bonds. The zero-order valence-corrected chi connectivity index (χ0v) is 24.7. The van der Waals surface area contributed by atoms with Crippen LogP contribution < -0.4 is 20.1 Å². The lowest BCUT2D eigenvalue weighted by molar-refractivity contribution is 0.0590. The molecule has 0 bridgehead atoms. The zero-order chi connectivity index (χ0) is 30.2. The van der Waals surface area contributed by atoms with Gasteiger partial charge in [0, 0.05) is 70.9 Å². The number of carbonyl (C=O) groups is 2. The summed E-state index contributed by atoms with van der Waals surface area (Å²) in [7, 11) is 3.47. The monoisotopic (exact) mass is 582 g/mol. The molecule has 2 aliphatic heterocycles. The molecule has 5 rings (SSSR count). The zero-order valence-electron chi connectivity index (χ0n) is 24.7. The Balaban J connectivity index is 1.06. The first-order valence-corrected chi connectivity index (χ1v) is 14.8. The van der Waals surface area contributed by atoms with Crippen LogP contribution in [-0.4, -0.2) is 79.1 Å². The lowest BCUT2D eigenvalue weighted by atomic mass is 10.0. The molecule has 1 aromatic heterocycles. The number of rotatable bonds is 9. The van der Waals surface area contributed by atoms with E-state index in [-0.39, 0.29) is 24.0 Å². The maximum atomic E-state index is 13.1. The number of pyridine rings is 1. The number of nitrogens with one attached hydrogen (secondary N) is 2. The lowest BCUT2D eigenvalue weighted by Crippen LogP contribution is -2.44. The topological polar surface area (TPSA) is 120 Å². The van der Waals surface area contributed by atoms with Gasteiger partial charge in [0.2, 0.25) is 0 Å². The van der Waals surface area contributed by atoms with Gasteiger partial charge in [-0.1, -0.05) is 12.1 Å². The first-order valence-electron chi connectivity index (χ1n) is 14.8. The smallest absolute Gasteiger partial charge is 0.272 e. The van der Waals surface area contributed by atoms with Crippen LogP contribution in [-0.2, 0) is 6.54 Å². The van der Waals surface area contributed by atoms with E-state index in [1.165, 1.54) is 11.8 Å². The second-order valence-electron chi connectivity index (χ2n) is 11.0. The molecule has 43 heavy (non-hydrogen) atoms. The predicted molar refractivity (Wildman–Crippen MR) is 163 cm³/mol. The molecule has 2 fully saturated rings. The van der Waals surface area contributed by atoms with Gasteiger partial charge in [0.15, 0.2) is 0 Å². The molecular weight excluding hydrogens is 544 g/mol. The van der Waals surface area contributed by atoms with Gasteiger partial charge in [0.25, 0.3) is 11.8 Å². The molecule has 0 aliphatic carbocycles. The minimum absolute atomic E-state index is 0.00594. The molecule has 224 valence electrons. The van der Waals surface area contributed by atoms with Crippen LogP contribution in [0.3, 0.4) is 0 Å². The second-order valence-corrected chi connectivity index (χ2v) is 11.0. The van der Waals surface area contributed by atoms with Crippen LogP contribution in [0.25, 0.3) is 0 Å². The van der Waals surface area contributed by atoms with Crippen LogP contribution in [0.2, 0.25) is 0 Å². The van der Waals surface area contributed by atoms with Crippen molar-refractivity contribution in [3.05, 3.63) is 83.2 Å². The van der Waals surface area contributed by atoms with Crippen LogP contribution in [0.1, 0.15) is 57.7 Å². The second kappa shape index (κ2) is 14.0. The van der Waals surface area contributed by atoms with Crippen molar-refractivity contribution in [2.45, 2.75) is 44.4 Å². The standard InChI is InChI=1S/C33H38N6O4/c1-35-30-19-28(42-2)8-10-31(30)43-27-13-17-39(18-14-27)33(41)29-9-7-25(21-36-29)32(40)37-26-11-15-38(16-12-26)22-24-5-3-23(20-34)4-6-24/h3-10,19,21,26-27,35H,11-18,22H2,1-2H3,(H,37,40). The van der Waals surface area contributed by atoms with Crippen molar-refractivity contribution in [2.24, 2.45) is 0 Å². The average Bonchev–Trinajstić information content (AvgIpc) is 3.06. The van der Waals surface area contributed by atoms with Gasteiger partial charge in [-0.3, -0.25) is 19.5 Å². The van der Waals surface area contributed by atoms with E-state index in [0.717, 1.165) is 49.7 Å². The highest BCUT2D eigenvalue weighted by Crippen LogP contribution is 2.31. The molecule has 2 N–H and O–H groups in total. The first kappa shape index (κ1) is 29.9. The molecule has 0 atom stereocenters. The number of methoxy groups -OCH3 is 1. The normalized spacial score (nSPS) is 16.3. The van der Waals surface area contributed by atoms with Crippen LogP contribution >= 0.6 is 0 Å². The summed E-state index contributed by atoms with van der Waals surface area (Å²) in [5, 5.41) is 15.2. The number of hydrogen-bond donors (Lipinski definition) is 2. The number of benzene rings is 2. The van der Waals surface area contributed by atoms with E-state index < -0.39 is 0 Å². The summed E-state index contributed by atoms with van der Waals surface area (Å²) < 4.78 is 11.5. The van der Waals surface area contributed by atoms with E-state index in [9.17, 15) is 9.59 Å². The number of nitriles is 1. The number of anilines is 1. The molecule has 10 nitrogen and oxygen atoms in total. The summed E-state index contributed by atoms with van der Waals surface area (Å²) in [6.07, 6.45) is 4.65. The van der Waals surface area contributed by atoms with Gasteiger partial charge in [-0.05, 0) is 54.8 Å². The van der Waals surface area contributed by atoms with E-state index in [2.05, 4.69) is 26.6 Å². The Bertz CT molecular complexity index is 1440. The molecule has 0 unspecified atom stereocenters. The summed E-state index contributed by atoms with van der Waals surface area (Å²) in [6, 6.07) is 18.9. The lowest BCUT2D eigenvalue weighted by Gasteiger charge is -2.32. The summed E-state index contributed by atoms with van der Waals surface area (Å²) >= 11 is 0. The quantitative estimate of drug-likeness (QED) is 0.387. The molecule has 3 aromatic rings. The van der Waals surface area contributed by atoms with Crippen molar-refractivity contribution in [3.8, 4) is 17.6 Å². The van der Waals surface area contributed by atoms with Gasteiger partial charge in [-0.25, -0.2) is 0 Å². The van der Waals surface area contributed by atoms with Gasteiger partial charge in [0.05, 0.1) is 30.0 Å². The molecule has 0 radical (unpaired) electrons. The highest BCUT2D eigenvalue weighted by molar-refractivity contribution is 5.96. The summed E-state index contributed by atoms with van der Waals surface area (Å²) in [5.41, 5.74) is 3.48. The van der Waals surface area contributed by atoms with Crippen LogP contribution in [0.5, 0.6) is 11.5 Å². The van der Waals surface area contributed by atoms with Crippen molar-refractivity contribution in [2.75, 3.05) is 45.7 Å². The average molecular weight is 583 g/mol. The molecule has 0 spiro atoms. The van der Waals surface area contributed by atoms with E-state index in [1.807, 2.05) is 49.5 Å². The SMILES string of the molecule is CNc1cc(OC)ccc1OC1CCN(C(=O)c2ccc(C(=O)NC3CCN(Cc4ccc(C#N)cc4)CC3)cn2)CC1. The Morgan fingerprint density at radius 2 is 1.74 bits per heavy atom. The Labute approximate surface area is 252 Å². The van der Waals surface area contributed by atoms with Gasteiger partial charge < -0.3 is 25.0 Å². The van der Waals surface area contributed by atoms with Crippen LogP contribution in [0, 0.1) is 11.3 Å². The van der Waals surface area contributed by atoms with Gasteiger partial charge in [0.1, 0.15) is 23.3 Å². The third kappa shape index (κ3) is 7.62. The Kier molecular flexibility index (Phi) is 9.74. The third-order valence-corrected chi connectivity index (χ3v) is 8.14. The highest BCUT2D eigenvalue weighted by atomic mass is 16.5. The first-order chi connectivity index (χ1) is 20.9. The van der Waals surface area contributed by atoms with E-state index in [1.54, 1.807) is 24.1 Å². The summed E-state index contributed by atoms with van der Waals surface area (Å²) in [6.45, 7) is 3.74. The van der Waals surface area contributed by atoms with Crippen molar-refractivity contribution in [3.63, 3.8) is 0 Å². The number of piperidine rings is 2. The van der Waals surface area contributed by atoms with Crippen molar-refractivity contribution < 1.29 is 19.1 Å². The minimum atomic E-state index is -0.172. The fourth-order valence-corrected chi connectivity index (χ4v) is 5.55. The minimum Gasteiger partial charge on any atom is -0.497 e. The Hall–Kier alpha value is -4.62. The number of aromatic nitrogens is 1. The van der Waals surface area contributed by atoms with Crippen LogP contribution in [0.4, 0.5) is 5.69 Å². The Morgan fingerprint density at radius 3 is 2.37 bits per heavy atom. The number of nitrogens with zero attached hydrogens (tertiary/aromatic N) is 4. The number of likely N-dealkylation sites (tertiary alicyclic amines) is 2. The fraction of sp³-hybridized carbons (Fsp3) is 0.394. The Morgan fingerprint density at radius 1 is 1.00 bits per heavy atom. The van der Waals surface area contributed by atoms with E-state index >= 15 is 0 Å². The predicted octanol–water partition coefficient (Wildman–Crippen LogP) is 4.08. The molecular formula is C33H38N6O4. The molecule has 3 heterocycles. The fourth-order valence-electron chi connectivity index (χ4n) is 5.55. The third-order valence-electron chi connectivity index (χ3n) is 8.14. The van der Waals surface area contributed by atoms with Gasteiger partial charge in [-0.15, -0.1) is 0 Å². The molecule has 10 heteroatoms. The molecule has 0 saturated carbocycles. The maximum Gasteiger partial charge on any atom is 0.272 e. The summed E-state index contributed by atoms with van der Waals surface area (Å²) in [5.74, 6) is 1.21. The highest BCUT2D eigenvalue weighted by Gasteiger charge is 2.27.